The smallest absolute Gasteiger partial charge is 0.126 e. The maximum absolute atomic E-state index is 6.23. The largest absolute Gasteiger partial charge is 0.493 e. The van der Waals surface area contributed by atoms with E-state index in [1.807, 2.05) is 0 Å². The predicted octanol–water partition coefficient (Wildman–Crippen LogP) is 5.49. The molecule has 2 nitrogen and oxygen atoms in total. The van der Waals surface area contributed by atoms with Crippen LogP contribution in [0.1, 0.15) is 61.3 Å². The van der Waals surface area contributed by atoms with Crippen LogP contribution >= 0.6 is 0 Å². The zero-order chi connectivity index (χ0) is 17.4. The zero-order valence-electron chi connectivity index (χ0n) is 15.5. The summed E-state index contributed by atoms with van der Waals surface area (Å²) in [5.74, 6) is 3.87. The summed E-state index contributed by atoms with van der Waals surface area (Å²) in [5, 5.41) is 0. The van der Waals surface area contributed by atoms with E-state index in [1.165, 1.54) is 22.3 Å². The fourth-order valence-electron chi connectivity index (χ4n) is 4.37. The van der Waals surface area contributed by atoms with Crippen molar-refractivity contribution in [2.24, 2.45) is 5.92 Å². The van der Waals surface area contributed by atoms with Crippen LogP contribution in [0.5, 0.6) is 11.5 Å². The number of ether oxygens (including phenoxy) is 2. The van der Waals surface area contributed by atoms with Crippen molar-refractivity contribution in [3.05, 3.63) is 58.7 Å². The van der Waals surface area contributed by atoms with Crippen molar-refractivity contribution in [1.29, 1.82) is 0 Å². The minimum absolute atomic E-state index is 0.497. The van der Waals surface area contributed by atoms with Gasteiger partial charge in [0.25, 0.3) is 0 Å². The molecule has 2 aliphatic heterocycles. The first-order chi connectivity index (χ1) is 12.1. The minimum atomic E-state index is 0.497. The van der Waals surface area contributed by atoms with E-state index in [0.717, 1.165) is 44.0 Å². The van der Waals surface area contributed by atoms with Crippen LogP contribution < -0.4 is 9.47 Å². The molecule has 0 bridgehead atoms. The lowest BCUT2D eigenvalue weighted by molar-refractivity contribution is 0.205. The van der Waals surface area contributed by atoms with Gasteiger partial charge in [-0.25, -0.2) is 0 Å². The van der Waals surface area contributed by atoms with Gasteiger partial charge in [-0.3, -0.25) is 0 Å². The van der Waals surface area contributed by atoms with Crippen LogP contribution in [0.15, 0.2) is 36.4 Å². The molecule has 2 heterocycles. The molecule has 0 amide bonds. The molecule has 2 unspecified atom stereocenters. The Morgan fingerprint density at radius 2 is 1.64 bits per heavy atom. The van der Waals surface area contributed by atoms with Gasteiger partial charge in [0.15, 0.2) is 0 Å². The highest BCUT2D eigenvalue weighted by Crippen LogP contribution is 2.40. The summed E-state index contributed by atoms with van der Waals surface area (Å²) in [7, 11) is 0. The van der Waals surface area contributed by atoms with E-state index < -0.39 is 0 Å². The van der Waals surface area contributed by atoms with Crippen molar-refractivity contribution in [2.75, 3.05) is 13.2 Å². The van der Waals surface area contributed by atoms with Crippen LogP contribution in [-0.4, -0.2) is 13.2 Å². The van der Waals surface area contributed by atoms with Gasteiger partial charge in [-0.1, -0.05) is 57.2 Å². The second-order valence-corrected chi connectivity index (χ2v) is 7.94. The van der Waals surface area contributed by atoms with Crippen LogP contribution in [-0.2, 0) is 12.8 Å². The Morgan fingerprint density at radius 3 is 2.44 bits per heavy atom. The molecule has 2 aromatic carbocycles. The maximum atomic E-state index is 6.23. The minimum Gasteiger partial charge on any atom is -0.493 e. The summed E-state index contributed by atoms with van der Waals surface area (Å²) in [6.07, 6.45) is 3.31. The third-order valence-corrected chi connectivity index (χ3v) is 5.68. The molecule has 0 radical (unpaired) electrons. The molecule has 2 heteroatoms. The molecule has 0 saturated heterocycles. The fourth-order valence-corrected chi connectivity index (χ4v) is 4.37. The van der Waals surface area contributed by atoms with E-state index in [1.54, 1.807) is 0 Å². The van der Waals surface area contributed by atoms with Crippen LogP contribution in [0.4, 0.5) is 0 Å². The topological polar surface area (TPSA) is 18.5 Å². The Bertz CT molecular complexity index is 763. The van der Waals surface area contributed by atoms with Crippen molar-refractivity contribution < 1.29 is 9.47 Å². The molecular weight excluding hydrogens is 308 g/mol. The van der Waals surface area contributed by atoms with Gasteiger partial charge in [-0.15, -0.1) is 0 Å². The quantitative estimate of drug-likeness (QED) is 0.735. The molecule has 132 valence electrons. The number of fused-ring (bicyclic) bond motifs is 2. The summed E-state index contributed by atoms with van der Waals surface area (Å²) in [4.78, 5) is 0. The molecule has 0 spiro atoms. The van der Waals surface area contributed by atoms with Gasteiger partial charge in [-0.2, -0.15) is 0 Å². The third-order valence-electron chi connectivity index (χ3n) is 5.68. The highest BCUT2D eigenvalue weighted by molar-refractivity contribution is 5.46. The van der Waals surface area contributed by atoms with Crippen molar-refractivity contribution >= 4 is 0 Å². The standard InChI is InChI=1S/C23H28O2/c1-15(2)20-8-5-7-19-13-17(14-25-23(19)20)12-16(3)21-9-4-6-18-10-11-24-22(18)21/h4-9,15-17H,10-14H2,1-3H3. The van der Waals surface area contributed by atoms with Crippen LogP contribution in [0, 0.1) is 5.92 Å². The highest BCUT2D eigenvalue weighted by Gasteiger charge is 2.26. The number of hydrogen-bond acceptors (Lipinski definition) is 2. The Morgan fingerprint density at radius 1 is 0.920 bits per heavy atom. The maximum Gasteiger partial charge on any atom is 0.126 e. The average Bonchev–Trinajstić information content (AvgIpc) is 3.09. The van der Waals surface area contributed by atoms with Crippen molar-refractivity contribution in [3.63, 3.8) is 0 Å². The van der Waals surface area contributed by atoms with Crippen molar-refractivity contribution in [1.82, 2.24) is 0 Å². The summed E-state index contributed by atoms with van der Waals surface area (Å²) in [6.45, 7) is 8.47. The zero-order valence-corrected chi connectivity index (χ0v) is 15.5. The van der Waals surface area contributed by atoms with Gasteiger partial charge in [0, 0.05) is 6.42 Å². The predicted molar refractivity (Wildman–Crippen MR) is 102 cm³/mol. The molecular formula is C23H28O2. The first kappa shape index (κ1) is 16.5. The first-order valence-corrected chi connectivity index (χ1v) is 9.62. The average molecular weight is 336 g/mol. The molecule has 0 aliphatic carbocycles. The normalized spacial score (nSPS) is 19.8. The Balaban J connectivity index is 1.50. The fraction of sp³-hybridized carbons (Fsp3) is 0.478. The van der Waals surface area contributed by atoms with Gasteiger partial charge in [0.05, 0.1) is 13.2 Å². The van der Waals surface area contributed by atoms with E-state index in [4.69, 9.17) is 9.47 Å². The Hall–Kier alpha value is -1.96. The van der Waals surface area contributed by atoms with Gasteiger partial charge >= 0.3 is 0 Å². The molecule has 4 rings (SSSR count). The van der Waals surface area contributed by atoms with E-state index in [-0.39, 0.29) is 0 Å². The Labute approximate surface area is 151 Å². The molecule has 0 saturated carbocycles. The van der Waals surface area contributed by atoms with E-state index in [0.29, 0.717) is 17.8 Å². The lowest BCUT2D eigenvalue weighted by Gasteiger charge is -2.30. The third kappa shape index (κ3) is 3.15. The summed E-state index contributed by atoms with van der Waals surface area (Å²) < 4.78 is 12.1. The van der Waals surface area contributed by atoms with E-state index in [2.05, 4.69) is 57.2 Å². The van der Waals surface area contributed by atoms with Gasteiger partial charge in [0.2, 0.25) is 0 Å². The molecule has 0 fully saturated rings. The highest BCUT2D eigenvalue weighted by atomic mass is 16.5. The van der Waals surface area contributed by atoms with Crippen molar-refractivity contribution in [2.45, 2.75) is 51.9 Å². The van der Waals surface area contributed by atoms with Gasteiger partial charge < -0.3 is 9.47 Å². The summed E-state index contributed by atoms with van der Waals surface area (Å²) >= 11 is 0. The Kier molecular flexibility index (Phi) is 4.45. The summed E-state index contributed by atoms with van der Waals surface area (Å²) in [6, 6.07) is 13.2. The number of hydrogen-bond donors (Lipinski definition) is 0. The molecule has 25 heavy (non-hydrogen) atoms. The van der Waals surface area contributed by atoms with Crippen molar-refractivity contribution in [3.8, 4) is 11.5 Å². The second kappa shape index (κ2) is 6.74. The molecule has 2 aliphatic rings. The van der Waals surface area contributed by atoms with Crippen LogP contribution in [0.3, 0.4) is 0 Å². The molecule has 2 atom stereocenters. The SMILES string of the molecule is CC(C)c1cccc2c1OCC(CC(C)c1cccc3c1OCC3)C2. The monoisotopic (exact) mass is 336 g/mol. The molecule has 0 N–H and O–H groups in total. The summed E-state index contributed by atoms with van der Waals surface area (Å²) in [5.41, 5.74) is 5.47. The number of para-hydroxylation sites is 2. The second-order valence-electron chi connectivity index (χ2n) is 7.94. The van der Waals surface area contributed by atoms with Gasteiger partial charge in [-0.05, 0) is 52.8 Å². The molecule has 0 aromatic heterocycles. The van der Waals surface area contributed by atoms with Gasteiger partial charge in [0.1, 0.15) is 11.5 Å². The van der Waals surface area contributed by atoms with Crippen LogP contribution in [0.25, 0.3) is 0 Å². The van der Waals surface area contributed by atoms with E-state index >= 15 is 0 Å². The van der Waals surface area contributed by atoms with E-state index in [9.17, 15) is 0 Å². The first-order valence-electron chi connectivity index (χ1n) is 9.62. The lowest BCUT2D eigenvalue weighted by Crippen LogP contribution is -2.23. The molecule has 2 aromatic rings. The number of benzene rings is 2. The number of rotatable bonds is 4. The van der Waals surface area contributed by atoms with Crippen LogP contribution in [0.2, 0.25) is 0 Å². The lowest BCUT2D eigenvalue weighted by atomic mass is 9.84.